The molecule has 0 aliphatic carbocycles. The summed E-state index contributed by atoms with van der Waals surface area (Å²) in [6.07, 6.45) is 0. The molecule has 1 heterocycles. The summed E-state index contributed by atoms with van der Waals surface area (Å²) in [6, 6.07) is 14.1. The molecule has 0 saturated carbocycles. The molecular formula is C19H20N2O2. The molecule has 0 saturated heterocycles. The Morgan fingerprint density at radius 2 is 1.83 bits per heavy atom. The number of anilines is 1. The number of amides is 1. The van der Waals surface area contributed by atoms with E-state index in [0.29, 0.717) is 17.0 Å². The van der Waals surface area contributed by atoms with Crippen LogP contribution in [0.4, 0.5) is 5.69 Å². The van der Waals surface area contributed by atoms with Crippen LogP contribution in [0.5, 0.6) is 0 Å². The first-order chi connectivity index (χ1) is 11.0. The zero-order chi connectivity index (χ0) is 16.6. The van der Waals surface area contributed by atoms with Gasteiger partial charge in [-0.15, -0.1) is 0 Å². The number of fused-ring (bicyclic) bond motifs is 1. The summed E-state index contributed by atoms with van der Waals surface area (Å²) in [5.74, 6) is 0.656. The van der Waals surface area contributed by atoms with Gasteiger partial charge in [0.1, 0.15) is 5.56 Å². The fourth-order valence-electron chi connectivity index (χ4n) is 2.71. The largest absolute Gasteiger partial charge is 0.360 e. The Labute approximate surface area is 135 Å². The summed E-state index contributed by atoms with van der Waals surface area (Å²) >= 11 is 0. The molecule has 118 valence electrons. The summed E-state index contributed by atoms with van der Waals surface area (Å²) in [7, 11) is 1.78. The number of hydrogen-bond donors (Lipinski definition) is 0. The Balaban J connectivity index is 2.00. The van der Waals surface area contributed by atoms with Gasteiger partial charge in [0.05, 0.1) is 5.69 Å². The molecule has 1 aromatic heterocycles. The van der Waals surface area contributed by atoms with Gasteiger partial charge in [0.2, 0.25) is 0 Å². The molecule has 0 fully saturated rings. The van der Waals surface area contributed by atoms with Crippen molar-refractivity contribution in [1.29, 1.82) is 0 Å². The van der Waals surface area contributed by atoms with E-state index in [1.165, 1.54) is 0 Å². The number of benzene rings is 2. The minimum absolute atomic E-state index is 0.0947. The van der Waals surface area contributed by atoms with Crippen molar-refractivity contribution < 1.29 is 9.32 Å². The highest BCUT2D eigenvalue weighted by Crippen LogP contribution is 2.27. The van der Waals surface area contributed by atoms with Gasteiger partial charge in [0.15, 0.2) is 5.76 Å². The van der Waals surface area contributed by atoms with Gasteiger partial charge in [-0.25, -0.2) is 0 Å². The Morgan fingerprint density at radius 1 is 1.13 bits per heavy atom. The van der Waals surface area contributed by atoms with Gasteiger partial charge in [0.25, 0.3) is 5.91 Å². The minimum atomic E-state index is -0.0947. The van der Waals surface area contributed by atoms with Crippen LogP contribution in [0.25, 0.3) is 10.8 Å². The first-order valence-corrected chi connectivity index (χ1v) is 7.72. The van der Waals surface area contributed by atoms with Crippen LogP contribution in [0.1, 0.15) is 41.6 Å². The molecule has 0 aliphatic rings. The van der Waals surface area contributed by atoms with Gasteiger partial charge in [0, 0.05) is 18.7 Å². The first kappa shape index (κ1) is 15.3. The standard InChI is InChI=1S/C19H20N2O2/c1-12(2)18-17(13(3)20-23-18)19(22)21(4)16-10-9-14-7-5-6-8-15(14)11-16/h5-12H,1-4H3. The van der Waals surface area contributed by atoms with E-state index in [9.17, 15) is 4.79 Å². The van der Waals surface area contributed by atoms with Crippen molar-refractivity contribution >= 4 is 22.4 Å². The summed E-state index contributed by atoms with van der Waals surface area (Å²) in [5, 5.41) is 6.22. The number of nitrogens with zero attached hydrogens (tertiary/aromatic N) is 2. The highest BCUT2D eigenvalue weighted by molar-refractivity contribution is 6.08. The van der Waals surface area contributed by atoms with Crippen LogP contribution < -0.4 is 4.90 Å². The van der Waals surface area contributed by atoms with Gasteiger partial charge < -0.3 is 9.42 Å². The molecule has 0 N–H and O–H groups in total. The predicted molar refractivity (Wildman–Crippen MR) is 92.0 cm³/mol. The van der Waals surface area contributed by atoms with Crippen molar-refractivity contribution in [3.63, 3.8) is 0 Å². The molecule has 4 nitrogen and oxygen atoms in total. The lowest BCUT2D eigenvalue weighted by molar-refractivity contribution is 0.0990. The Morgan fingerprint density at radius 3 is 2.52 bits per heavy atom. The van der Waals surface area contributed by atoms with Crippen LogP contribution in [-0.2, 0) is 0 Å². The zero-order valence-corrected chi connectivity index (χ0v) is 13.8. The Bertz CT molecular complexity index is 865. The van der Waals surface area contributed by atoms with E-state index in [1.807, 2.05) is 50.2 Å². The summed E-state index contributed by atoms with van der Waals surface area (Å²) < 4.78 is 5.34. The van der Waals surface area contributed by atoms with Crippen LogP contribution in [0.15, 0.2) is 47.0 Å². The minimum Gasteiger partial charge on any atom is -0.360 e. The van der Waals surface area contributed by atoms with Crippen molar-refractivity contribution in [3.8, 4) is 0 Å². The summed E-state index contributed by atoms with van der Waals surface area (Å²) in [4.78, 5) is 14.6. The summed E-state index contributed by atoms with van der Waals surface area (Å²) in [6.45, 7) is 5.79. The normalized spacial score (nSPS) is 11.2. The average Bonchev–Trinajstić information content (AvgIpc) is 2.95. The van der Waals surface area contributed by atoms with Gasteiger partial charge in [-0.3, -0.25) is 4.79 Å². The average molecular weight is 308 g/mol. The molecule has 0 unspecified atom stereocenters. The number of aromatic nitrogens is 1. The number of carbonyl (C=O) groups excluding carboxylic acids is 1. The molecule has 0 bridgehead atoms. The fraction of sp³-hybridized carbons (Fsp3) is 0.263. The quantitative estimate of drug-likeness (QED) is 0.714. The zero-order valence-electron chi connectivity index (χ0n) is 13.8. The molecule has 23 heavy (non-hydrogen) atoms. The molecule has 1 amide bonds. The molecule has 0 aliphatic heterocycles. The van der Waals surface area contributed by atoms with E-state index in [4.69, 9.17) is 4.52 Å². The van der Waals surface area contributed by atoms with Crippen molar-refractivity contribution in [2.75, 3.05) is 11.9 Å². The third-order valence-electron chi connectivity index (χ3n) is 4.05. The van der Waals surface area contributed by atoms with Crippen molar-refractivity contribution in [1.82, 2.24) is 5.16 Å². The number of rotatable bonds is 3. The van der Waals surface area contributed by atoms with Crippen LogP contribution in [-0.4, -0.2) is 18.1 Å². The lowest BCUT2D eigenvalue weighted by Crippen LogP contribution is -2.27. The molecule has 0 radical (unpaired) electrons. The van der Waals surface area contributed by atoms with Crippen LogP contribution in [0, 0.1) is 6.92 Å². The van der Waals surface area contributed by atoms with Gasteiger partial charge in [-0.2, -0.15) is 0 Å². The maximum Gasteiger partial charge on any atom is 0.263 e. The second-order valence-electron chi connectivity index (χ2n) is 6.06. The fourth-order valence-corrected chi connectivity index (χ4v) is 2.71. The van der Waals surface area contributed by atoms with Crippen LogP contribution in [0.2, 0.25) is 0 Å². The highest BCUT2D eigenvalue weighted by atomic mass is 16.5. The summed E-state index contributed by atoms with van der Waals surface area (Å²) in [5.41, 5.74) is 2.05. The SMILES string of the molecule is Cc1noc(C(C)C)c1C(=O)N(C)c1ccc2ccccc2c1. The molecule has 2 aromatic carbocycles. The van der Waals surface area contributed by atoms with E-state index < -0.39 is 0 Å². The maximum atomic E-state index is 12.9. The van der Waals surface area contributed by atoms with Crippen LogP contribution in [0.3, 0.4) is 0 Å². The third kappa shape index (κ3) is 2.72. The highest BCUT2D eigenvalue weighted by Gasteiger charge is 2.25. The lowest BCUT2D eigenvalue weighted by atomic mass is 10.0. The smallest absolute Gasteiger partial charge is 0.263 e. The van der Waals surface area contributed by atoms with Crippen molar-refractivity contribution in [2.45, 2.75) is 26.7 Å². The van der Waals surface area contributed by atoms with Gasteiger partial charge in [-0.1, -0.05) is 49.3 Å². The van der Waals surface area contributed by atoms with Crippen molar-refractivity contribution in [2.24, 2.45) is 0 Å². The van der Waals surface area contributed by atoms with E-state index in [-0.39, 0.29) is 11.8 Å². The molecular weight excluding hydrogens is 288 g/mol. The number of carbonyl (C=O) groups is 1. The second kappa shape index (κ2) is 5.88. The first-order valence-electron chi connectivity index (χ1n) is 7.72. The molecule has 4 heteroatoms. The Kier molecular flexibility index (Phi) is 3.90. The van der Waals surface area contributed by atoms with Crippen LogP contribution >= 0.6 is 0 Å². The van der Waals surface area contributed by atoms with Gasteiger partial charge >= 0.3 is 0 Å². The topological polar surface area (TPSA) is 46.3 Å². The van der Waals surface area contributed by atoms with E-state index in [0.717, 1.165) is 16.5 Å². The maximum absolute atomic E-state index is 12.9. The molecule has 3 aromatic rings. The Hall–Kier alpha value is -2.62. The van der Waals surface area contributed by atoms with E-state index in [1.54, 1.807) is 18.9 Å². The second-order valence-corrected chi connectivity index (χ2v) is 6.06. The molecule has 0 spiro atoms. The number of hydrogen-bond acceptors (Lipinski definition) is 3. The lowest BCUT2D eigenvalue weighted by Gasteiger charge is -2.18. The van der Waals surface area contributed by atoms with Gasteiger partial charge in [-0.05, 0) is 29.8 Å². The predicted octanol–water partition coefficient (Wildman–Crippen LogP) is 4.54. The third-order valence-corrected chi connectivity index (χ3v) is 4.05. The molecule has 0 atom stereocenters. The van der Waals surface area contributed by atoms with E-state index in [2.05, 4.69) is 11.2 Å². The number of aryl methyl sites for hydroxylation is 1. The monoisotopic (exact) mass is 308 g/mol. The molecule has 3 rings (SSSR count). The van der Waals surface area contributed by atoms with Crippen molar-refractivity contribution in [3.05, 3.63) is 59.5 Å². The van der Waals surface area contributed by atoms with E-state index >= 15 is 0 Å².